The van der Waals surface area contributed by atoms with Gasteiger partial charge < -0.3 is 0 Å². The molecule has 0 saturated heterocycles. The van der Waals surface area contributed by atoms with Crippen molar-refractivity contribution < 1.29 is 9.59 Å². The lowest BCUT2D eigenvalue weighted by Gasteiger charge is -2.38. The van der Waals surface area contributed by atoms with Gasteiger partial charge in [0, 0.05) is 24.2 Å². The summed E-state index contributed by atoms with van der Waals surface area (Å²) in [6.45, 7) is 4.04. The highest BCUT2D eigenvalue weighted by Crippen LogP contribution is 2.50. The quantitative estimate of drug-likeness (QED) is 0.571. The number of carbonyl (C=O) groups is 2. The number of carbonyl (C=O) groups excluding carboxylic acids is 2. The summed E-state index contributed by atoms with van der Waals surface area (Å²) in [7, 11) is 0. The summed E-state index contributed by atoms with van der Waals surface area (Å²) in [5.41, 5.74) is -0.159. The van der Waals surface area contributed by atoms with Crippen molar-refractivity contribution in [1.82, 2.24) is 0 Å². The minimum atomic E-state index is -0.159. The van der Waals surface area contributed by atoms with Crippen molar-refractivity contribution in [2.45, 2.75) is 39.5 Å². The molecule has 13 heavy (non-hydrogen) atoms. The Kier molecular flexibility index (Phi) is 1.83. The molecule has 3 atom stereocenters. The Morgan fingerprint density at radius 2 is 2.00 bits per heavy atom. The number of ketones is 2. The molecule has 2 fully saturated rings. The van der Waals surface area contributed by atoms with Crippen LogP contribution in [0.5, 0.6) is 0 Å². The Balaban J connectivity index is 2.31. The van der Waals surface area contributed by atoms with Crippen LogP contribution in [0.25, 0.3) is 0 Å². The molecule has 0 aromatic carbocycles. The van der Waals surface area contributed by atoms with Gasteiger partial charge >= 0.3 is 0 Å². The minimum Gasteiger partial charge on any atom is -0.299 e. The van der Waals surface area contributed by atoms with E-state index in [9.17, 15) is 9.59 Å². The summed E-state index contributed by atoms with van der Waals surface area (Å²) in [5.74, 6) is 1.19. The third kappa shape index (κ3) is 1.07. The van der Waals surface area contributed by atoms with Crippen LogP contribution in [-0.4, -0.2) is 11.6 Å². The van der Waals surface area contributed by atoms with Crippen molar-refractivity contribution in [3.05, 3.63) is 0 Å². The van der Waals surface area contributed by atoms with Crippen LogP contribution in [0.4, 0.5) is 0 Å². The monoisotopic (exact) mass is 180 g/mol. The summed E-state index contributed by atoms with van der Waals surface area (Å²) < 4.78 is 0. The molecule has 0 aliphatic heterocycles. The third-order valence-electron chi connectivity index (χ3n) is 4.14. The topological polar surface area (TPSA) is 34.1 Å². The zero-order valence-electron chi connectivity index (χ0n) is 8.30. The van der Waals surface area contributed by atoms with E-state index in [0.717, 1.165) is 12.8 Å². The van der Waals surface area contributed by atoms with Crippen LogP contribution in [0.3, 0.4) is 0 Å². The normalized spacial score (nSPS) is 45.1. The van der Waals surface area contributed by atoms with E-state index in [2.05, 4.69) is 6.92 Å². The molecule has 2 heteroatoms. The fraction of sp³-hybridized carbons (Fsp3) is 0.818. The lowest BCUT2D eigenvalue weighted by Crippen LogP contribution is -2.40. The Morgan fingerprint density at radius 3 is 2.69 bits per heavy atom. The van der Waals surface area contributed by atoms with Crippen LogP contribution in [0.15, 0.2) is 0 Å². The van der Waals surface area contributed by atoms with E-state index in [4.69, 9.17) is 0 Å². The van der Waals surface area contributed by atoms with Crippen LogP contribution in [0, 0.1) is 17.3 Å². The molecule has 0 unspecified atom stereocenters. The second-order valence-electron chi connectivity index (χ2n) is 4.74. The first-order valence-electron chi connectivity index (χ1n) is 5.12. The van der Waals surface area contributed by atoms with Gasteiger partial charge in [-0.1, -0.05) is 13.8 Å². The predicted molar refractivity (Wildman–Crippen MR) is 49.2 cm³/mol. The first kappa shape index (κ1) is 8.92. The molecule has 0 aromatic heterocycles. The second-order valence-corrected chi connectivity index (χ2v) is 4.74. The molecule has 0 N–H and O–H groups in total. The molecule has 0 heterocycles. The summed E-state index contributed by atoms with van der Waals surface area (Å²) in [5, 5.41) is 0. The van der Waals surface area contributed by atoms with Crippen molar-refractivity contribution >= 4 is 11.6 Å². The van der Waals surface area contributed by atoms with Gasteiger partial charge in [0.2, 0.25) is 0 Å². The summed E-state index contributed by atoms with van der Waals surface area (Å²) in [6.07, 6.45) is 3.03. The first-order chi connectivity index (χ1) is 6.05. The smallest absolute Gasteiger partial charge is 0.139 e. The van der Waals surface area contributed by atoms with Gasteiger partial charge in [0.05, 0.1) is 0 Å². The van der Waals surface area contributed by atoms with Crippen LogP contribution in [0.1, 0.15) is 39.5 Å². The van der Waals surface area contributed by atoms with Gasteiger partial charge in [-0.05, 0) is 18.8 Å². The zero-order valence-corrected chi connectivity index (χ0v) is 8.30. The fourth-order valence-electron chi connectivity index (χ4n) is 3.06. The van der Waals surface area contributed by atoms with Gasteiger partial charge in [-0.15, -0.1) is 0 Å². The average molecular weight is 180 g/mol. The van der Waals surface area contributed by atoms with Crippen LogP contribution in [-0.2, 0) is 9.59 Å². The summed E-state index contributed by atoms with van der Waals surface area (Å²) >= 11 is 0. The van der Waals surface area contributed by atoms with Gasteiger partial charge in [0.25, 0.3) is 0 Å². The molecule has 0 bridgehead atoms. The van der Waals surface area contributed by atoms with Crippen molar-refractivity contribution in [1.29, 1.82) is 0 Å². The van der Waals surface area contributed by atoms with E-state index in [0.29, 0.717) is 30.3 Å². The molecule has 2 rings (SSSR count). The molecule has 2 aliphatic rings. The number of hydrogen-bond acceptors (Lipinski definition) is 2. The van der Waals surface area contributed by atoms with Gasteiger partial charge in [-0.2, -0.15) is 0 Å². The van der Waals surface area contributed by atoms with Crippen LogP contribution >= 0.6 is 0 Å². The Labute approximate surface area is 78.7 Å². The molecule has 2 saturated carbocycles. The Morgan fingerprint density at radius 1 is 1.31 bits per heavy atom. The van der Waals surface area contributed by atoms with Crippen molar-refractivity contribution in [2.24, 2.45) is 17.3 Å². The predicted octanol–water partition coefficient (Wildman–Crippen LogP) is 1.97. The standard InChI is InChI=1S/C11H16O2/c1-7-8-3-4-10(13)11(8,2)6-5-9(7)12/h7-8H,3-6H2,1-2H3/t7-,8+,11-/m0/s1. The summed E-state index contributed by atoms with van der Waals surface area (Å²) in [4.78, 5) is 23.1. The van der Waals surface area contributed by atoms with Gasteiger partial charge in [-0.3, -0.25) is 9.59 Å². The molecule has 2 aliphatic carbocycles. The third-order valence-corrected chi connectivity index (χ3v) is 4.14. The molecule has 0 amide bonds. The maximum absolute atomic E-state index is 11.7. The van der Waals surface area contributed by atoms with E-state index in [1.807, 2.05) is 6.92 Å². The number of rotatable bonds is 0. The van der Waals surface area contributed by atoms with E-state index in [-0.39, 0.29) is 11.3 Å². The lowest BCUT2D eigenvalue weighted by molar-refractivity contribution is -0.135. The number of Topliss-reactive ketones (excluding diaryl/α,β-unsaturated/α-hetero) is 2. The maximum Gasteiger partial charge on any atom is 0.139 e. The van der Waals surface area contributed by atoms with Gasteiger partial charge in [0.1, 0.15) is 11.6 Å². The Hall–Kier alpha value is -0.660. The van der Waals surface area contributed by atoms with Crippen molar-refractivity contribution in [3.63, 3.8) is 0 Å². The summed E-state index contributed by atoms with van der Waals surface area (Å²) in [6, 6.07) is 0. The van der Waals surface area contributed by atoms with Gasteiger partial charge in [-0.25, -0.2) is 0 Å². The molecule has 0 spiro atoms. The van der Waals surface area contributed by atoms with Gasteiger partial charge in [0.15, 0.2) is 0 Å². The van der Waals surface area contributed by atoms with E-state index < -0.39 is 0 Å². The zero-order chi connectivity index (χ0) is 9.64. The van der Waals surface area contributed by atoms with E-state index in [1.54, 1.807) is 0 Å². The highest BCUT2D eigenvalue weighted by molar-refractivity contribution is 5.91. The molecule has 2 nitrogen and oxygen atoms in total. The highest BCUT2D eigenvalue weighted by atomic mass is 16.1. The van der Waals surface area contributed by atoms with E-state index in [1.165, 1.54) is 0 Å². The Bertz CT molecular complexity index is 269. The van der Waals surface area contributed by atoms with Crippen molar-refractivity contribution in [2.75, 3.05) is 0 Å². The SMILES string of the molecule is C[C@@H]1C(=O)CC[C@]2(C)C(=O)CC[C@H]12. The molecule has 0 aromatic rings. The molecule has 72 valence electrons. The van der Waals surface area contributed by atoms with E-state index >= 15 is 0 Å². The highest BCUT2D eigenvalue weighted by Gasteiger charge is 2.51. The molecule has 0 radical (unpaired) electrons. The van der Waals surface area contributed by atoms with Crippen LogP contribution < -0.4 is 0 Å². The number of fused-ring (bicyclic) bond motifs is 1. The number of hydrogen-bond donors (Lipinski definition) is 0. The molecular formula is C11H16O2. The minimum absolute atomic E-state index is 0.116. The largest absolute Gasteiger partial charge is 0.299 e. The first-order valence-corrected chi connectivity index (χ1v) is 5.12. The van der Waals surface area contributed by atoms with Crippen LogP contribution in [0.2, 0.25) is 0 Å². The molecular weight excluding hydrogens is 164 g/mol. The van der Waals surface area contributed by atoms with Crippen molar-refractivity contribution in [3.8, 4) is 0 Å². The fourth-order valence-corrected chi connectivity index (χ4v) is 3.06. The lowest BCUT2D eigenvalue weighted by atomic mass is 9.64. The maximum atomic E-state index is 11.7. The second kappa shape index (κ2) is 2.66. The average Bonchev–Trinajstić information content (AvgIpc) is 2.39.